The van der Waals surface area contributed by atoms with Gasteiger partial charge in [-0.1, -0.05) is 0 Å². The highest BCUT2D eigenvalue weighted by Crippen LogP contribution is 2.13. The van der Waals surface area contributed by atoms with Gasteiger partial charge in [-0.15, -0.1) is 0 Å². The summed E-state index contributed by atoms with van der Waals surface area (Å²) in [5, 5.41) is 2.63. The molecule has 1 amide bonds. The van der Waals surface area contributed by atoms with Gasteiger partial charge in [-0.3, -0.25) is 4.79 Å². The van der Waals surface area contributed by atoms with Crippen LogP contribution in [0.3, 0.4) is 0 Å². The van der Waals surface area contributed by atoms with E-state index in [1.54, 1.807) is 4.90 Å². The summed E-state index contributed by atoms with van der Waals surface area (Å²) in [6, 6.07) is 0. The predicted molar refractivity (Wildman–Crippen MR) is 70.8 cm³/mol. The molecule has 0 radical (unpaired) electrons. The summed E-state index contributed by atoms with van der Waals surface area (Å²) in [7, 11) is -1.88. The van der Waals surface area contributed by atoms with Crippen molar-refractivity contribution < 1.29 is 13.2 Å². The standard InChI is InChI=1S/C11H23N3O3S/c1-4-14(5-2)11(15)9-13(3)18(16,17)10-6-7-12-8-10/h10,12H,4-9H2,1-3H3. The molecule has 7 heteroatoms. The quantitative estimate of drug-likeness (QED) is 0.709. The normalized spacial score (nSPS) is 20.3. The Hall–Kier alpha value is -0.660. The van der Waals surface area contributed by atoms with Gasteiger partial charge in [-0.2, -0.15) is 4.31 Å². The van der Waals surface area contributed by atoms with Crippen LogP contribution in [0.25, 0.3) is 0 Å². The summed E-state index contributed by atoms with van der Waals surface area (Å²) in [4.78, 5) is 13.5. The van der Waals surface area contributed by atoms with Gasteiger partial charge in [-0.05, 0) is 26.8 Å². The minimum absolute atomic E-state index is 0.0689. The van der Waals surface area contributed by atoms with E-state index in [2.05, 4.69) is 5.32 Å². The molecule has 18 heavy (non-hydrogen) atoms. The van der Waals surface area contributed by atoms with Gasteiger partial charge in [0.15, 0.2) is 0 Å². The van der Waals surface area contributed by atoms with E-state index in [4.69, 9.17) is 0 Å². The lowest BCUT2D eigenvalue weighted by molar-refractivity contribution is -0.130. The lowest BCUT2D eigenvalue weighted by Gasteiger charge is -2.24. The van der Waals surface area contributed by atoms with Crippen molar-refractivity contribution in [1.82, 2.24) is 14.5 Å². The van der Waals surface area contributed by atoms with E-state index in [0.29, 0.717) is 26.1 Å². The molecule has 1 rings (SSSR count). The highest BCUT2D eigenvalue weighted by Gasteiger charge is 2.33. The molecule has 1 N–H and O–H groups in total. The molecule has 106 valence electrons. The van der Waals surface area contributed by atoms with Crippen molar-refractivity contribution in [3.8, 4) is 0 Å². The first kappa shape index (κ1) is 15.4. The Morgan fingerprint density at radius 1 is 1.33 bits per heavy atom. The van der Waals surface area contributed by atoms with Crippen molar-refractivity contribution in [3.63, 3.8) is 0 Å². The molecule has 1 aliphatic heterocycles. The molecule has 0 aromatic rings. The first-order chi connectivity index (χ1) is 8.43. The molecule has 1 fully saturated rings. The molecule has 0 aliphatic carbocycles. The number of amides is 1. The molecular formula is C11H23N3O3S. The summed E-state index contributed by atoms with van der Waals surface area (Å²) in [5.41, 5.74) is 0. The molecule has 1 saturated heterocycles. The van der Waals surface area contributed by atoms with Gasteiger partial charge in [0.05, 0.1) is 11.8 Å². The fourth-order valence-corrected chi connectivity index (χ4v) is 3.64. The highest BCUT2D eigenvalue weighted by atomic mass is 32.2. The van der Waals surface area contributed by atoms with E-state index < -0.39 is 15.3 Å². The summed E-state index contributed by atoms with van der Waals surface area (Å²) in [6.07, 6.45) is 0.617. The van der Waals surface area contributed by atoms with Gasteiger partial charge < -0.3 is 10.2 Å². The van der Waals surface area contributed by atoms with Crippen molar-refractivity contribution in [2.24, 2.45) is 0 Å². The average Bonchev–Trinajstić information content (AvgIpc) is 2.84. The van der Waals surface area contributed by atoms with E-state index in [-0.39, 0.29) is 12.5 Å². The van der Waals surface area contributed by atoms with Crippen LogP contribution in [0.1, 0.15) is 20.3 Å². The third-order valence-electron chi connectivity index (χ3n) is 3.34. The second kappa shape index (κ2) is 6.49. The number of carbonyl (C=O) groups is 1. The number of nitrogens with one attached hydrogen (secondary N) is 1. The molecule has 0 saturated carbocycles. The molecule has 0 spiro atoms. The van der Waals surface area contributed by atoms with Crippen LogP contribution < -0.4 is 5.32 Å². The number of hydrogen-bond acceptors (Lipinski definition) is 4. The fourth-order valence-electron chi connectivity index (χ4n) is 2.09. The van der Waals surface area contributed by atoms with Crippen LogP contribution >= 0.6 is 0 Å². The Morgan fingerprint density at radius 3 is 2.39 bits per heavy atom. The van der Waals surface area contributed by atoms with E-state index in [9.17, 15) is 13.2 Å². The topological polar surface area (TPSA) is 69.7 Å². The summed E-state index contributed by atoms with van der Waals surface area (Å²) in [6.45, 7) is 6.12. The second-order valence-electron chi connectivity index (χ2n) is 4.48. The Labute approximate surface area is 109 Å². The zero-order valence-corrected chi connectivity index (χ0v) is 12.2. The fraction of sp³-hybridized carbons (Fsp3) is 0.909. The Kier molecular flexibility index (Phi) is 5.55. The monoisotopic (exact) mass is 277 g/mol. The number of nitrogens with zero attached hydrogens (tertiary/aromatic N) is 2. The largest absolute Gasteiger partial charge is 0.342 e. The van der Waals surface area contributed by atoms with E-state index in [1.165, 1.54) is 11.4 Å². The maximum absolute atomic E-state index is 12.2. The van der Waals surface area contributed by atoms with Crippen LogP contribution in [-0.4, -0.2) is 68.6 Å². The average molecular weight is 277 g/mol. The molecule has 0 aromatic carbocycles. The van der Waals surface area contributed by atoms with E-state index in [0.717, 1.165) is 6.54 Å². The number of sulfonamides is 1. The van der Waals surface area contributed by atoms with Crippen molar-refractivity contribution >= 4 is 15.9 Å². The van der Waals surface area contributed by atoms with Gasteiger partial charge in [-0.25, -0.2) is 8.42 Å². The summed E-state index contributed by atoms with van der Waals surface area (Å²) >= 11 is 0. The smallest absolute Gasteiger partial charge is 0.237 e. The van der Waals surface area contributed by atoms with Gasteiger partial charge in [0.25, 0.3) is 0 Å². The zero-order chi connectivity index (χ0) is 13.8. The van der Waals surface area contributed by atoms with E-state index >= 15 is 0 Å². The van der Waals surface area contributed by atoms with Crippen LogP contribution in [0.5, 0.6) is 0 Å². The number of likely N-dealkylation sites (N-methyl/N-ethyl adjacent to an activating group) is 2. The van der Waals surface area contributed by atoms with Crippen molar-refractivity contribution in [1.29, 1.82) is 0 Å². The van der Waals surface area contributed by atoms with Crippen molar-refractivity contribution in [2.75, 3.05) is 39.8 Å². The Morgan fingerprint density at radius 2 is 1.94 bits per heavy atom. The maximum atomic E-state index is 12.2. The number of carbonyl (C=O) groups excluding carboxylic acids is 1. The molecule has 1 heterocycles. The lowest BCUT2D eigenvalue weighted by Crippen LogP contribution is -2.44. The minimum Gasteiger partial charge on any atom is -0.342 e. The minimum atomic E-state index is -3.36. The van der Waals surface area contributed by atoms with Gasteiger partial charge in [0.2, 0.25) is 15.9 Å². The predicted octanol–water partition coefficient (Wildman–Crippen LogP) is -0.522. The molecule has 1 aliphatic rings. The van der Waals surface area contributed by atoms with Crippen LogP contribution in [-0.2, 0) is 14.8 Å². The van der Waals surface area contributed by atoms with Gasteiger partial charge >= 0.3 is 0 Å². The molecule has 1 atom stereocenters. The molecule has 0 bridgehead atoms. The molecular weight excluding hydrogens is 254 g/mol. The third kappa shape index (κ3) is 3.43. The van der Waals surface area contributed by atoms with Crippen LogP contribution in [0.2, 0.25) is 0 Å². The zero-order valence-electron chi connectivity index (χ0n) is 11.3. The molecule has 6 nitrogen and oxygen atoms in total. The van der Waals surface area contributed by atoms with Crippen LogP contribution in [0, 0.1) is 0 Å². The van der Waals surface area contributed by atoms with Gasteiger partial charge in [0, 0.05) is 26.7 Å². The lowest BCUT2D eigenvalue weighted by atomic mass is 10.4. The summed E-state index contributed by atoms with van der Waals surface area (Å²) < 4.78 is 25.6. The van der Waals surface area contributed by atoms with E-state index in [1.807, 2.05) is 13.8 Å². The first-order valence-corrected chi connectivity index (χ1v) is 7.87. The Balaban J connectivity index is 2.64. The Bertz CT molecular complexity index is 373. The van der Waals surface area contributed by atoms with Crippen LogP contribution in [0.15, 0.2) is 0 Å². The maximum Gasteiger partial charge on any atom is 0.237 e. The van der Waals surface area contributed by atoms with Gasteiger partial charge in [0.1, 0.15) is 0 Å². The van der Waals surface area contributed by atoms with Crippen molar-refractivity contribution in [3.05, 3.63) is 0 Å². The highest BCUT2D eigenvalue weighted by molar-refractivity contribution is 7.89. The summed E-state index contributed by atoms with van der Waals surface area (Å²) in [5.74, 6) is -0.142. The first-order valence-electron chi connectivity index (χ1n) is 6.37. The molecule has 0 aromatic heterocycles. The number of rotatable bonds is 6. The molecule has 1 unspecified atom stereocenters. The third-order valence-corrected chi connectivity index (χ3v) is 5.59. The van der Waals surface area contributed by atoms with Crippen molar-refractivity contribution in [2.45, 2.75) is 25.5 Å². The second-order valence-corrected chi connectivity index (χ2v) is 6.80. The SMILES string of the molecule is CCN(CC)C(=O)CN(C)S(=O)(=O)C1CCNC1. The number of hydrogen-bond donors (Lipinski definition) is 1. The van der Waals surface area contributed by atoms with Crippen LogP contribution in [0.4, 0.5) is 0 Å².